The van der Waals surface area contributed by atoms with E-state index in [1.807, 2.05) is 25.1 Å². The topological polar surface area (TPSA) is 37.3 Å². The maximum absolute atomic E-state index is 12.4. The summed E-state index contributed by atoms with van der Waals surface area (Å²) in [6, 6.07) is 13.3. The zero-order chi connectivity index (χ0) is 15.9. The van der Waals surface area contributed by atoms with Crippen LogP contribution in [-0.2, 0) is 6.42 Å². The van der Waals surface area contributed by atoms with Crippen molar-refractivity contribution < 1.29 is 9.90 Å². The lowest BCUT2D eigenvalue weighted by Gasteiger charge is -2.11. The number of carbonyl (C=O) groups is 1. The van der Waals surface area contributed by atoms with Gasteiger partial charge in [0.2, 0.25) is 0 Å². The van der Waals surface area contributed by atoms with Crippen LogP contribution >= 0.6 is 0 Å². The summed E-state index contributed by atoms with van der Waals surface area (Å²) in [5.41, 5.74) is 4.06. The highest BCUT2D eigenvalue weighted by atomic mass is 16.3. The number of phenols is 1. The standard InChI is InChI=1S/C20H24O2/c1-3-5-7-16-8-9-17(14-19(16)20(22)6-4-2)15-10-12-18(21)13-11-15/h8-14,21H,3-7H2,1-2H3. The van der Waals surface area contributed by atoms with E-state index < -0.39 is 0 Å². The van der Waals surface area contributed by atoms with Crippen LogP contribution < -0.4 is 0 Å². The van der Waals surface area contributed by atoms with Gasteiger partial charge in [0.1, 0.15) is 5.75 Å². The molecule has 0 bridgehead atoms. The van der Waals surface area contributed by atoms with Crippen molar-refractivity contribution in [2.75, 3.05) is 0 Å². The Balaban J connectivity index is 2.39. The first-order valence-electron chi connectivity index (χ1n) is 8.11. The largest absolute Gasteiger partial charge is 0.508 e. The van der Waals surface area contributed by atoms with Gasteiger partial charge in [-0.2, -0.15) is 0 Å². The Bertz CT molecular complexity index is 627. The summed E-state index contributed by atoms with van der Waals surface area (Å²) >= 11 is 0. The molecule has 0 aromatic heterocycles. The van der Waals surface area contributed by atoms with E-state index in [0.29, 0.717) is 6.42 Å². The molecular formula is C20H24O2. The average molecular weight is 296 g/mol. The number of hydrogen-bond donors (Lipinski definition) is 1. The minimum absolute atomic E-state index is 0.231. The van der Waals surface area contributed by atoms with Crippen molar-refractivity contribution >= 4 is 5.78 Å². The fourth-order valence-electron chi connectivity index (χ4n) is 2.62. The second kappa shape index (κ2) is 7.79. The Morgan fingerprint density at radius 2 is 1.64 bits per heavy atom. The lowest BCUT2D eigenvalue weighted by molar-refractivity contribution is 0.0981. The molecule has 0 heterocycles. The molecule has 0 aliphatic rings. The first-order valence-corrected chi connectivity index (χ1v) is 8.11. The van der Waals surface area contributed by atoms with Crippen LogP contribution in [0.15, 0.2) is 42.5 Å². The van der Waals surface area contributed by atoms with Crippen molar-refractivity contribution in [3.8, 4) is 16.9 Å². The van der Waals surface area contributed by atoms with Gasteiger partial charge in [0.05, 0.1) is 0 Å². The van der Waals surface area contributed by atoms with Gasteiger partial charge in [0.15, 0.2) is 5.78 Å². The summed E-state index contributed by atoms with van der Waals surface area (Å²) in [5.74, 6) is 0.486. The number of aromatic hydroxyl groups is 1. The number of rotatable bonds is 7. The lowest BCUT2D eigenvalue weighted by atomic mass is 9.93. The molecule has 0 fully saturated rings. The molecule has 2 heteroatoms. The summed E-state index contributed by atoms with van der Waals surface area (Å²) in [7, 11) is 0. The summed E-state index contributed by atoms with van der Waals surface area (Å²) in [4.78, 5) is 12.4. The second-order valence-electron chi connectivity index (χ2n) is 5.70. The minimum atomic E-state index is 0.231. The van der Waals surface area contributed by atoms with Crippen molar-refractivity contribution in [1.29, 1.82) is 0 Å². The van der Waals surface area contributed by atoms with Crippen LogP contribution in [0.25, 0.3) is 11.1 Å². The van der Waals surface area contributed by atoms with E-state index in [4.69, 9.17) is 0 Å². The van der Waals surface area contributed by atoms with E-state index in [1.165, 1.54) is 0 Å². The van der Waals surface area contributed by atoms with Crippen molar-refractivity contribution in [3.63, 3.8) is 0 Å². The van der Waals surface area contributed by atoms with Gasteiger partial charge in [0, 0.05) is 12.0 Å². The van der Waals surface area contributed by atoms with E-state index >= 15 is 0 Å². The monoisotopic (exact) mass is 296 g/mol. The van der Waals surface area contributed by atoms with Crippen LogP contribution in [0, 0.1) is 0 Å². The van der Waals surface area contributed by atoms with Crippen molar-refractivity contribution in [3.05, 3.63) is 53.6 Å². The molecule has 0 aliphatic carbocycles. The van der Waals surface area contributed by atoms with Gasteiger partial charge in [0.25, 0.3) is 0 Å². The molecule has 2 nitrogen and oxygen atoms in total. The quantitative estimate of drug-likeness (QED) is 0.696. The van der Waals surface area contributed by atoms with Crippen LogP contribution in [0.4, 0.5) is 0 Å². The van der Waals surface area contributed by atoms with E-state index in [1.54, 1.807) is 12.1 Å². The maximum atomic E-state index is 12.4. The Morgan fingerprint density at radius 3 is 2.27 bits per heavy atom. The van der Waals surface area contributed by atoms with Crippen LogP contribution in [-0.4, -0.2) is 10.9 Å². The van der Waals surface area contributed by atoms with Gasteiger partial charge in [-0.05, 0) is 54.2 Å². The third-order valence-electron chi connectivity index (χ3n) is 3.89. The smallest absolute Gasteiger partial charge is 0.163 e. The third-order valence-corrected chi connectivity index (χ3v) is 3.89. The highest BCUT2D eigenvalue weighted by molar-refractivity contribution is 5.98. The summed E-state index contributed by atoms with van der Waals surface area (Å²) in [5, 5.41) is 9.40. The normalized spacial score (nSPS) is 10.6. The number of hydrogen-bond acceptors (Lipinski definition) is 2. The van der Waals surface area contributed by atoms with Crippen LogP contribution in [0.1, 0.15) is 55.5 Å². The molecule has 0 aliphatic heterocycles. The fourth-order valence-corrected chi connectivity index (χ4v) is 2.62. The number of unbranched alkanes of at least 4 members (excludes halogenated alkanes) is 1. The number of ketones is 1. The van der Waals surface area contributed by atoms with E-state index in [0.717, 1.165) is 47.9 Å². The zero-order valence-electron chi connectivity index (χ0n) is 13.4. The van der Waals surface area contributed by atoms with E-state index in [2.05, 4.69) is 19.1 Å². The van der Waals surface area contributed by atoms with Crippen molar-refractivity contribution in [1.82, 2.24) is 0 Å². The number of phenolic OH excluding ortho intramolecular Hbond substituents is 1. The molecule has 0 unspecified atom stereocenters. The van der Waals surface area contributed by atoms with Crippen LogP contribution in [0.5, 0.6) is 5.75 Å². The molecular weight excluding hydrogens is 272 g/mol. The lowest BCUT2D eigenvalue weighted by Crippen LogP contribution is -2.04. The predicted octanol–water partition coefficient (Wildman–Crippen LogP) is 5.38. The number of Topliss-reactive ketones (excluding diaryl/α,β-unsaturated/α-hetero) is 1. The first-order chi connectivity index (χ1) is 10.7. The zero-order valence-corrected chi connectivity index (χ0v) is 13.4. The van der Waals surface area contributed by atoms with Gasteiger partial charge >= 0.3 is 0 Å². The molecule has 22 heavy (non-hydrogen) atoms. The van der Waals surface area contributed by atoms with Crippen LogP contribution in [0.3, 0.4) is 0 Å². The minimum Gasteiger partial charge on any atom is -0.508 e. The number of aryl methyl sites for hydroxylation is 1. The Kier molecular flexibility index (Phi) is 5.76. The van der Waals surface area contributed by atoms with Gasteiger partial charge in [-0.15, -0.1) is 0 Å². The molecule has 2 aromatic rings. The molecule has 0 spiro atoms. The fraction of sp³-hybridized carbons (Fsp3) is 0.350. The Labute approximate surface area is 132 Å². The molecule has 0 amide bonds. The number of benzene rings is 2. The second-order valence-corrected chi connectivity index (χ2v) is 5.70. The van der Waals surface area contributed by atoms with Crippen molar-refractivity contribution in [2.24, 2.45) is 0 Å². The molecule has 0 saturated carbocycles. The predicted molar refractivity (Wildman–Crippen MR) is 91.4 cm³/mol. The third kappa shape index (κ3) is 3.97. The molecule has 0 radical (unpaired) electrons. The highest BCUT2D eigenvalue weighted by Crippen LogP contribution is 2.26. The van der Waals surface area contributed by atoms with Crippen molar-refractivity contribution in [2.45, 2.75) is 46.0 Å². The van der Waals surface area contributed by atoms with E-state index in [-0.39, 0.29) is 11.5 Å². The summed E-state index contributed by atoms with van der Waals surface area (Å²) < 4.78 is 0. The molecule has 0 saturated heterocycles. The molecule has 1 N–H and O–H groups in total. The molecule has 0 atom stereocenters. The molecule has 116 valence electrons. The maximum Gasteiger partial charge on any atom is 0.163 e. The van der Waals surface area contributed by atoms with Gasteiger partial charge in [-0.3, -0.25) is 4.79 Å². The number of carbonyl (C=O) groups excluding carboxylic acids is 1. The Morgan fingerprint density at radius 1 is 0.955 bits per heavy atom. The average Bonchev–Trinajstić information content (AvgIpc) is 2.54. The van der Waals surface area contributed by atoms with Gasteiger partial charge in [-0.25, -0.2) is 0 Å². The summed E-state index contributed by atoms with van der Waals surface area (Å²) in [6.07, 6.45) is 4.65. The Hall–Kier alpha value is -2.09. The van der Waals surface area contributed by atoms with Gasteiger partial charge in [-0.1, -0.05) is 44.5 Å². The highest BCUT2D eigenvalue weighted by Gasteiger charge is 2.12. The molecule has 2 rings (SSSR count). The first kappa shape index (κ1) is 16.3. The summed E-state index contributed by atoms with van der Waals surface area (Å²) in [6.45, 7) is 4.20. The SMILES string of the molecule is CCCCc1ccc(-c2ccc(O)cc2)cc1C(=O)CCC. The van der Waals surface area contributed by atoms with Gasteiger partial charge < -0.3 is 5.11 Å². The molecule has 2 aromatic carbocycles. The van der Waals surface area contributed by atoms with Crippen LogP contribution in [0.2, 0.25) is 0 Å². The van der Waals surface area contributed by atoms with E-state index in [9.17, 15) is 9.90 Å².